The van der Waals surface area contributed by atoms with Gasteiger partial charge in [-0.05, 0) is 32.1 Å². The quantitative estimate of drug-likeness (QED) is 0.633. The van der Waals surface area contributed by atoms with Crippen molar-refractivity contribution in [1.82, 2.24) is 9.80 Å². The van der Waals surface area contributed by atoms with Gasteiger partial charge in [0.2, 0.25) is 0 Å². The Balaban J connectivity index is 2.20. The molecule has 0 saturated carbocycles. The van der Waals surface area contributed by atoms with E-state index in [0.29, 0.717) is 17.7 Å². The molecule has 1 aliphatic heterocycles. The lowest BCUT2D eigenvalue weighted by atomic mass is 10.1. The molecule has 1 aliphatic rings. The Hall–Kier alpha value is -1.67. The van der Waals surface area contributed by atoms with Gasteiger partial charge in [-0.3, -0.25) is 15.0 Å². The fourth-order valence-corrected chi connectivity index (χ4v) is 2.67. The van der Waals surface area contributed by atoms with Crippen LogP contribution in [0.1, 0.15) is 17.5 Å². The first kappa shape index (κ1) is 16.7. The third kappa shape index (κ3) is 3.95. The van der Waals surface area contributed by atoms with Crippen molar-refractivity contribution in [2.24, 2.45) is 0 Å². The minimum absolute atomic E-state index is 0.287. The van der Waals surface area contributed by atoms with E-state index in [1.54, 1.807) is 0 Å². The largest absolute Gasteiger partial charge is 0.416 e. The molecule has 2 rings (SSSR count). The first-order chi connectivity index (χ1) is 10.2. The van der Waals surface area contributed by atoms with E-state index in [0.717, 1.165) is 25.6 Å². The van der Waals surface area contributed by atoms with Crippen LogP contribution in [0.2, 0.25) is 0 Å². The van der Waals surface area contributed by atoms with Crippen molar-refractivity contribution >= 4 is 5.69 Å². The highest BCUT2D eigenvalue weighted by molar-refractivity contribution is 5.40. The molecule has 1 heterocycles. The predicted molar refractivity (Wildman–Crippen MR) is 75.5 cm³/mol. The first-order valence-corrected chi connectivity index (χ1v) is 6.91. The SMILES string of the molecule is CN(C)C1CCN(Cc2cc([N+](=O)[O-])cc(C(F)(F)F)c2)C1. The molecule has 1 saturated heterocycles. The van der Waals surface area contributed by atoms with E-state index in [9.17, 15) is 23.3 Å². The van der Waals surface area contributed by atoms with Gasteiger partial charge in [-0.25, -0.2) is 0 Å². The maximum absolute atomic E-state index is 12.8. The van der Waals surface area contributed by atoms with Crippen LogP contribution in [0.25, 0.3) is 0 Å². The van der Waals surface area contributed by atoms with Crippen LogP contribution in [-0.4, -0.2) is 47.9 Å². The molecule has 1 aromatic rings. The van der Waals surface area contributed by atoms with E-state index in [2.05, 4.69) is 4.90 Å². The minimum atomic E-state index is -4.59. The van der Waals surface area contributed by atoms with Crippen molar-refractivity contribution in [1.29, 1.82) is 0 Å². The highest BCUT2D eigenvalue weighted by atomic mass is 19.4. The smallest absolute Gasteiger partial charge is 0.305 e. The number of alkyl halides is 3. The summed E-state index contributed by atoms with van der Waals surface area (Å²) in [6, 6.07) is 3.16. The van der Waals surface area contributed by atoms with Crippen molar-refractivity contribution in [3.63, 3.8) is 0 Å². The molecule has 0 radical (unpaired) electrons. The fourth-order valence-electron chi connectivity index (χ4n) is 2.67. The molecule has 8 heteroatoms. The number of nitro benzene ring substituents is 1. The molecule has 0 aromatic heterocycles. The van der Waals surface area contributed by atoms with Gasteiger partial charge in [0.25, 0.3) is 5.69 Å². The van der Waals surface area contributed by atoms with Gasteiger partial charge >= 0.3 is 6.18 Å². The molecule has 1 unspecified atom stereocenters. The normalized spacial score (nSPS) is 19.8. The molecule has 1 aromatic carbocycles. The van der Waals surface area contributed by atoms with E-state index >= 15 is 0 Å². The third-order valence-electron chi connectivity index (χ3n) is 3.90. The predicted octanol–water partition coefficient (Wildman–Crippen LogP) is 2.75. The molecule has 22 heavy (non-hydrogen) atoms. The summed E-state index contributed by atoms with van der Waals surface area (Å²) in [6.45, 7) is 1.80. The number of nitro groups is 1. The maximum atomic E-state index is 12.8. The number of non-ortho nitro benzene ring substituents is 1. The molecule has 122 valence electrons. The van der Waals surface area contributed by atoms with E-state index < -0.39 is 22.4 Å². The van der Waals surface area contributed by atoms with Crippen LogP contribution in [-0.2, 0) is 12.7 Å². The first-order valence-electron chi connectivity index (χ1n) is 6.91. The fraction of sp³-hybridized carbons (Fsp3) is 0.571. The average molecular weight is 317 g/mol. The molecular weight excluding hydrogens is 299 g/mol. The van der Waals surface area contributed by atoms with Crippen molar-refractivity contribution in [3.8, 4) is 0 Å². The second-order valence-corrected chi connectivity index (χ2v) is 5.78. The molecule has 0 bridgehead atoms. The minimum Gasteiger partial charge on any atom is -0.305 e. The maximum Gasteiger partial charge on any atom is 0.416 e. The molecule has 1 fully saturated rings. The second-order valence-electron chi connectivity index (χ2n) is 5.78. The van der Waals surface area contributed by atoms with Gasteiger partial charge in [-0.2, -0.15) is 13.2 Å². The Morgan fingerprint density at radius 1 is 1.36 bits per heavy atom. The third-order valence-corrected chi connectivity index (χ3v) is 3.90. The second kappa shape index (κ2) is 6.21. The number of benzene rings is 1. The lowest BCUT2D eigenvalue weighted by Gasteiger charge is -2.20. The Bertz CT molecular complexity index is 561. The Kier molecular flexibility index (Phi) is 4.72. The molecule has 0 N–H and O–H groups in total. The summed E-state index contributed by atoms with van der Waals surface area (Å²) in [4.78, 5) is 14.1. The summed E-state index contributed by atoms with van der Waals surface area (Å²) < 4.78 is 38.5. The van der Waals surface area contributed by atoms with Crippen LogP contribution < -0.4 is 0 Å². The van der Waals surface area contributed by atoms with Crippen LogP contribution in [0.5, 0.6) is 0 Å². The van der Waals surface area contributed by atoms with Gasteiger partial charge in [0, 0.05) is 37.8 Å². The molecule has 0 aliphatic carbocycles. The highest BCUT2D eigenvalue weighted by Gasteiger charge is 2.33. The molecular formula is C14H18F3N3O2. The Labute approximate surface area is 126 Å². The van der Waals surface area contributed by atoms with Crippen molar-refractivity contribution < 1.29 is 18.1 Å². The van der Waals surface area contributed by atoms with E-state index in [4.69, 9.17) is 0 Å². The van der Waals surface area contributed by atoms with Crippen LogP contribution in [0, 0.1) is 10.1 Å². The summed E-state index contributed by atoms with van der Waals surface area (Å²) >= 11 is 0. The molecule has 0 spiro atoms. The molecule has 5 nitrogen and oxygen atoms in total. The van der Waals surface area contributed by atoms with Crippen LogP contribution in [0.15, 0.2) is 18.2 Å². The van der Waals surface area contributed by atoms with Crippen molar-refractivity contribution in [3.05, 3.63) is 39.4 Å². The zero-order valence-corrected chi connectivity index (χ0v) is 12.4. The van der Waals surface area contributed by atoms with Gasteiger partial charge in [-0.1, -0.05) is 0 Å². The van der Waals surface area contributed by atoms with Gasteiger partial charge in [-0.15, -0.1) is 0 Å². The highest BCUT2D eigenvalue weighted by Crippen LogP contribution is 2.33. The molecule has 1 atom stereocenters. The number of nitrogens with zero attached hydrogens (tertiary/aromatic N) is 3. The van der Waals surface area contributed by atoms with Gasteiger partial charge in [0.15, 0.2) is 0 Å². The summed E-state index contributed by atoms with van der Waals surface area (Å²) in [6.07, 6.45) is -3.65. The summed E-state index contributed by atoms with van der Waals surface area (Å²) in [5.74, 6) is 0. The number of rotatable bonds is 4. The number of likely N-dealkylation sites (tertiary alicyclic amines) is 1. The van der Waals surface area contributed by atoms with E-state index in [1.807, 2.05) is 19.0 Å². The number of halogens is 3. The Morgan fingerprint density at radius 2 is 2.05 bits per heavy atom. The summed E-state index contributed by atoms with van der Waals surface area (Å²) in [7, 11) is 3.92. The topological polar surface area (TPSA) is 49.6 Å². The Morgan fingerprint density at radius 3 is 2.55 bits per heavy atom. The van der Waals surface area contributed by atoms with Crippen LogP contribution in [0.3, 0.4) is 0 Å². The lowest BCUT2D eigenvalue weighted by molar-refractivity contribution is -0.385. The zero-order chi connectivity index (χ0) is 16.5. The van der Waals surface area contributed by atoms with E-state index in [-0.39, 0.29) is 6.54 Å². The molecule has 0 amide bonds. The van der Waals surface area contributed by atoms with Gasteiger partial charge < -0.3 is 4.90 Å². The summed E-state index contributed by atoms with van der Waals surface area (Å²) in [5, 5.41) is 10.8. The van der Waals surface area contributed by atoms with Crippen molar-refractivity contribution in [2.45, 2.75) is 25.2 Å². The summed E-state index contributed by atoms with van der Waals surface area (Å²) in [5.41, 5.74) is -1.17. The lowest BCUT2D eigenvalue weighted by Crippen LogP contribution is -2.31. The van der Waals surface area contributed by atoms with Crippen molar-refractivity contribution in [2.75, 3.05) is 27.2 Å². The van der Waals surface area contributed by atoms with E-state index in [1.165, 1.54) is 6.07 Å². The monoisotopic (exact) mass is 317 g/mol. The average Bonchev–Trinajstić information content (AvgIpc) is 2.86. The standard InChI is InChI=1S/C14H18F3N3O2/c1-18(2)12-3-4-19(9-12)8-10-5-11(14(15,16)17)7-13(6-10)20(21)22/h5-7,12H,3-4,8-9H2,1-2H3. The number of hydrogen-bond acceptors (Lipinski definition) is 4. The van der Waals surface area contributed by atoms with Crippen LogP contribution >= 0.6 is 0 Å². The number of likely N-dealkylation sites (N-methyl/N-ethyl adjacent to an activating group) is 1. The van der Waals surface area contributed by atoms with Gasteiger partial charge in [0.1, 0.15) is 0 Å². The van der Waals surface area contributed by atoms with Gasteiger partial charge in [0.05, 0.1) is 10.5 Å². The van der Waals surface area contributed by atoms with Crippen LogP contribution in [0.4, 0.5) is 18.9 Å². The number of hydrogen-bond donors (Lipinski definition) is 0. The zero-order valence-electron chi connectivity index (χ0n) is 12.4.